The van der Waals surface area contributed by atoms with Crippen molar-refractivity contribution in [2.45, 2.75) is 12.8 Å². The minimum atomic E-state index is 0.162. The minimum absolute atomic E-state index is 0.162. The summed E-state index contributed by atoms with van der Waals surface area (Å²) in [6, 6.07) is 13.7. The van der Waals surface area contributed by atoms with Gasteiger partial charge in [-0.2, -0.15) is 0 Å². The summed E-state index contributed by atoms with van der Waals surface area (Å²) in [6.07, 6.45) is 1.38. The number of likely N-dealkylation sites (N-methyl/N-ethyl adjacent to an activating group) is 1. The van der Waals surface area contributed by atoms with Crippen LogP contribution in [0.2, 0.25) is 0 Å². The lowest BCUT2D eigenvalue weighted by Gasteiger charge is -2.17. The molecule has 4 heteroatoms. The number of thiophene rings is 1. The van der Waals surface area contributed by atoms with Crippen LogP contribution in [0.1, 0.15) is 11.3 Å². The van der Waals surface area contributed by atoms with Gasteiger partial charge in [0.1, 0.15) is 12.4 Å². The van der Waals surface area contributed by atoms with Crippen LogP contribution in [-0.2, 0) is 11.2 Å². The molecule has 1 aromatic carbocycles. The third kappa shape index (κ3) is 4.70. The number of benzene rings is 1. The Bertz CT molecular complexity index is 511. The first-order valence-corrected chi connectivity index (χ1v) is 7.58. The second kappa shape index (κ2) is 7.70. The molecule has 0 spiro atoms. The molecule has 20 heavy (non-hydrogen) atoms. The molecule has 0 unspecified atom stereocenters. The average molecular weight is 289 g/mol. The molecule has 0 atom stereocenters. The fraction of sp³-hybridized carbons (Fsp3) is 0.312. The summed E-state index contributed by atoms with van der Waals surface area (Å²) in [5.74, 6) is 1.00. The van der Waals surface area contributed by atoms with Gasteiger partial charge in [-0.1, -0.05) is 24.3 Å². The number of ether oxygens (including phenoxy) is 1. The Kier molecular flexibility index (Phi) is 5.62. The maximum atomic E-state index is 12.0. The first-order chi connectivity index (χ1) is 9.75. The van der Waals surface area contributed by atoms with E-state index in [-0.39, 0.29) is 5.91 Å². The lowest BCUT2D eigenvalue weighted by molar-refractivity contribution is -0.130. The van der Waals surface area contributed by atoms with Crippen LogP contribution in [0.5, 0.6) is 5.75 Å². The predicted octanol–water partition coefficient (Wildman–Crippen LogP) is 3.22. The van der Waals surface area contributed by atoms with Gasteiger partial charge in [0.05, 0.1) is 6.54 Å². The quantitative estimate of drug-likeness (QED) is 0.783. The van der Waals surface area contributed by atoms with E-state index in [0.717, 1.165) is 12.2 Å². The number of rotatable bonds is 7. The molecule has 2 rings (SSSR count). The Morgan fingerprint density at radius 3 is 2.70 bits per heavy atom. The van der Waals surface area contributed by atoms with Crippen LogP contribution in [0, 0.1) is 0 Å². The summed E-state index contributed by atoms with van der Waals surface area (Å²) in [7, 11) is 1.82. The fourth-order valence-corrected chi connectivity index (χ4v) is 2.53. The number of carbonyl (C=O) groups is 1. The van der Waals surface area contributed by atoms with Gasteiger partial charge in [-0.25, -0.2) is 0 Å². The summed E-state index contributed by atoms with van der Waals surface area (Å²) < 4.78 is 5.59. The second-order valence-corrected chi connectivity index (χ2v) is 5.59. The first kappa shape index (κ1) is 14.6. The molecule has 0 saturated heterocycles. The summed E-state index contributed by atoms with van der Waals surface area (Å²) in [5.41, 5.74) is 0. The molecule has 0 radical (unpaired) electrons. The van der Waals surface area contributed by atoms with Crippen molar-refractivity contribution < 1.29 is 9.53 Å². The standard InChI is InChI=1S/C16H19NO2S/c1-17(11-12-19-14-6-3-2-4-7-14)16(18)10-9-15-8-5-13-20-15/h2-8,13H,9-12H2,1H3. The number of carbonyl (C=O) groups excluding carboxylic acids is 1. The average Bonchev–Trinajstić information content (AvgIpc) is 2.99. The Balaban J connectivity index is 1.66. The van der Waals surface area contributed by atoms with Crippen LogP contribution < -0.4 is 4.74 Å². The highest BCUT2D eigenvalue weighted by atomic mass is 32.1. The zero-order chi connectivity index (χ0) is 14.2. The van der Waals surface area contributed by atoms with E-state index in [0.29, 0.717) is 19.6 Å². The van der Waals surface area contributed by atoms with Crippen molar-refractivity contribution in [3.05, 3.63) is 52.7 Å². The highest BCUT2D eigenvalue weighted by Crippen LogP contribution is 2.11. The maximum Gasteiger partial charge on any atom is 0.222 e. The third-order valence-corrected chi connectivity index (χ3v) is 3.97. The summed E-state index contributed by atoms with van der Waals surface area (Å²) in [6.45, 7) is 1.13. The SMILES string of the molecule is CN(CCOc1ccccc1)C(=O)CCc1cccs1. The minimum Gasteiger partial charge on any atom is -0.492 e. The zero-order valence-corrected chi connectivity index (χ0v) is 12.4. The molecule has 1 heterocycles. The summed E-state index contributed by atoms with van der Waals surface area (Å²) >= 11 is 1.70. The molecule has 106 valence electrons. The molecule has 0 aliphatic carbocycles. The van der Waals surface area contributed by atoms with E-state index in [4.69, 9.17) is 4.74 Å². The normalized spacial score (nSPS) is 10.2. The molecular weight excluding hydrogens is 270 g/mol. The molecule has 1 amide bonds. The van der Waals surface area contributed by atoms with E-state index in [1.165, 1.54) is 4.88 Å². The van der Waals surface area contributed by atoms with E-state index in [1.54, 1.807) is 16.2 Å². The van der Waals surface area contributed by atoms with Crippen molar-refractivity contribution in [1.29, 1.82) is 0 Å². The van der Waals surface area contributed by atoms with Gasteiger partial charge in [0.25, 0.3) is 0 Å². The third-order valence-electron chi connectivity index (χ3n) is 3.03. The lowest BCUT2D eigenvalue weighted by Crippen LogP contribution is -2.30. The van der Waals surface area contributed by atoms with Crippen LogP contribution >= 0.6 is 11.3 Å². The van der Waals surface area contributed by atoms with Crippen LogP contribution in [-0.4, -0.2) is 31.0 Å². The van der Waals surface area contributed by atoms with E-state index in [9.17, 15) is 4.79 Å². The molecule has 0 aliphatic heterocycles. The zero-order valence-electron chi connectivity index (χ0n) is 11.6. The highest BCUT2D eigenvalue weighted by Gasteiger charge is 2.09. The topological polar surface area (TPSA) is 29.5 Å². The van der Waals surface area contributed by atoms with E-state index in [2.05, 4.69) is 6.07 Å². The first-order valence-electron chi connectivity index (χ1n) is 6.70. The molecule has 3 nitrogen and oxygen atoms in total. The molecule has 0 fully saturated rings. The van der Waals surface area contributed by atoms with Gasteiger partial charge >= 0.3 is 0 Å². The monoisotopic (exact) mass is 289 g/mol. The van der Waals surface area contributed by atoms with Gasteiger partial charge in [-0.15, -0.1) is 11.3 Å². The van der Waals surface area contributed by atoms with Crippen molar-refractivity contribution in [3.63, 3.8) is 0 Å². The van der Waals surface area contributed by atoms with Crippen LogP contribution in [0.4, 0.5) is 0 Å². The Morgan fingerprint density at radius 2 is 2.00 bits per heavy atom. The van der Waals surface area contributed by atoms with Gasteiger partial charge < -0.3 is 9.64 Å². The van der Waals surface area contributed by atoms with Gasteiger partial charge in [-0.3, -0.25) is 4.79 Å². The van der Waals surface area contributed by atoms with E-state index in [1.807, 2.05) is 48.8 Å². The predicted molar refractivity (Wildman–Crippen MR) is 82.2 cm³/mol. The Morgan fingerprint density at radius 1 is 1.20 bits per heavy atom. The van der Waals surface area contributed by atoms with Crippen LogP contribution in [0.15, 0.2) is 47.8 Å². The van der Waals surface area contributed by atoms with E-state index < -0.39 is 0 Å². The lowest BCUT2D eigenvalue weighted by atomic mass is 10.2. The number of para-hydroxylation sites is 1. The van der Waals surface area contributed by atoms with Crippen molar-refractivity contribution in [1.82, 2.24) is 4.90 Å². The Hall–Kier alpha value is -1.81. The van der Waals surface area contributed by atoms with Crippen LogP contribution in [0.3, 0.4) is 0 Å². The Labute approximate surface area is 123 Å². The molecule has 0 bridgehead atoms. The van der Waals surface area contributed by atoms with Gasteiger partial charge in [-0.05, 0) is 30.0 Å². The number of hydrogen-bond donors (Lipinski definition) is 0. The second-order valence-electron chi connectivity index (χ2n) is 4.56. The van der Waals surface area contributed by atoms with Gasteiger partial charge in [0, 0.05) is 18.3 Å². The largest absolute Gasteiger partial charge is 0.492 e. The van der Waals surface area contributed by atoms with E-state index >= 15 is 0 Å². The molecule has 0 N–H and O–H groups in total. The van der Waals surface area contributed by atoms with Gasteiger partial charge in [0.15, 0.2) is 0 Å². The number of hydrogen-bond acceptors (Lipinski definition) is 3. The smallest absolute Gasteiger partial charge is 0.222 e. The molecule has 2 aromatic rings. The van der Waals surface area contributed by atoms with Crippen molar-refractivity contribution in [3.8, 4) is 5.75 Å². The van der Waals surface area contributed by atoms with Crippen LogP contribution in [0.25, 0.3) is 0 Å². The van der Waals surface area contributed by atoms with Crippen molar-refractivity contribution in [2.75, 3.05) is 20.2 Å². The maximum absolute atomic E-state index is 12.0. The van der Waals surface area contributed by atoms with Crippen molar-refractivity contribution >= 4 is 17.2 Å². The fourth-order valence-electron chi connectivity index (χ4n) is 1.82. The highest BCUT2D eigenvalue weighted by molar-refractivity contribution is 7.09. The summed E-state index contributed by atoms with van der Waals surface area (Å²) in [5, 5.41) is 2.04. The number of nitrogens with zero attached hydrogens (tertiary/aromatic N) is 1. The molecular formula is C16H19NO2S. The molecule has 0 saturated carbocycles. The summed E-state index contributed by atoms with van der Waals surface area (Å²) in [4.78, 5) is 14.9. The molecule has 1 aromatic heterocycles. The number of aryl methyl sites for hydroxylation is 1. The van der Waals surface area contributed by atoms with Gasteiger partial charge in [0.2, 0.25) is 5.91 Å². The molecule has 0 aliphatic rings. The number of amides is 1. The van der Waals surface area contributed by atoms with Crippen molar-refractivity contribution in [2.24, 2.45) is 0 Å².